The van der Waals surface area contributed by atoms with E-state index in [1.54, 1.807) is 0 Å². The van der Waals surface area contributed by atoms with Crippen LogP contribution in [0.4, 0.5) is 11.4 Å². The summed E-state index contributed by atoms with van der Waals surface area (Å²) in [6.45, 7) is 17.7. The Labute approximate surface area is 212 Å². The van der Waals surface area contributed by atoms with Crippen molar-refractivity contribution in [3.8, 4) is 11.1 Å². The fourth-order valence-corrected chi connectivity index (χ4v) is 4.47. The van der Waals surface area contributed by atoms with E-state index in [1.807, 2.05) is 13.1 Å². The van der Waals surface area contributed by atoms with Crippen molar-refractivity contribution in [3.05, 3.63) is 94.7 Å². The lowest BCUT2D eigenvalue weighted by Gasteiger charge is -2.26. The summed E-state index contributed by atoms with van der Waals surface area (Å²) in [5.41, 5.74) is 10.7. The molecule has 3 aromatic carbocycles. The third kappa shape index (κ3) is 6.42. The number of benzene rings is 3. The number of nitrogens with one attached hydrogen (secondary N) is 2. The molecule has 3 aromatic rings. The van der Waals surface area contributed by atoms with Crippen LogP contribution in [-0.4, -0.2) is 12.9 Å². The van der Waals surface area contributed by atoms with E-state index in [-0.39, 0.29) is 5.41 Å². The molecule has 0 bridgehead atoms. The first-order valence-corrected chi connectivity index (χ1v) is 12.5. The number of rotatable bonds is 6. The molecular formula is C32H41N3. The van der Waals surface area contributed by atoms with Crippen molar-refractivity contribution in [1.29, 1.82) is 0 Å². The van der Waals surface area contributed by atoms with Gasteiger partial charge in [0.25, 0.3) is 0 Å². The molecule has 0 saturated carbocycles. The van der Waals surface area contributed by atoms with Gasteiger partial charge in [0.2, 0.25) is 0 Å². The van der Waals surface area contributed by atoms with Gasteiger partial charge in [-0.05, 0) is 77.6 Å². The number of allylic oxidation sites excluding steroid dienone is 1. The second-order valence-electron chi connectivity index (χ2n) is 10.7. The third-order valence-electron chi connectivity index (χ3n) is 6.24. The fraction of sp³-hybridized carbons (Fsp3) is 0.344. The van der Waals surface area contributed by atoms with Crippen LogP contribution in [0, 0.1) is 26.7 Å². The number of aryl methyl sites for hydroxylation is 3. The minimum Gasteiger partial charge on any atom is -0.353 e. The highest BCUT2D eigenvalue weighted by Gasteiger charge is 2.21. The summed E-state index contributed by atoms with van der Waals surface area (Å²) in [7, 11) is 1.84. The van der Waals surface area contributed by atoms with Gasteiger partial charge in [0.05, 0.1) is 5.70 Å². The molecule has 3 heteroatoms. The van der Waals surface area contributed by atoms with Crippen LogP contribution in [0.25, 0.3) is 11.1 Å². The maximum atomic E-state index is 4.65. The lowest BCUT2D eigenvalue weighted by atomic mass is 9.84. The fourth-order valence-electron chi connectivity index (χ4n) is 4.47. The summed E-state index contributed by atoms with van der Waals surface area (Å²) < 4.78 is 0. The van der Waals surface area contributed by atoms with E-state index in [0.29, 0.717) is 5.92 Å². The van der Waals surface area contributed by atoms with Gasteiger partial charge in [-0.3, -0.25) is 4.99 Å². The molecule has 0 spiro atoms. The van der Waals surface area contributed by atoms with Crippen molar-refractivity contribution in [3.63, 3.8) is 0 Å². The lowest BCUT2D eigenvalue weighted by Crippen LogP contribution is -2.23. The van der Waals surface area contributed by atoms with E-state index in [0.717, 1.165) is 22.9 Å². The molecular weight excluding hydrogens is 426 g/mol. The molecule has 0 amide bonds. The summed E-state index contributed by atoms with van der Waals surface area (Å²) in [6, 6.07) is 21.6. The molecule has 0 fully saturated rings. The van der Waals surface area contributed by atoms with E-state index in [1.165, 1.54) is 33.4 Å². The second-order valence-corrected chi connectivity index (χ2v) is 10.7. The molecule has 35 heavy (non-hydrogen) atoms. The van der Waals surface area contributed by atoms with Crippen LogP contribution in [0.5, 0.6) is 0 Å². The Morgan fingerprint density at radius 2 is 1.43 bits per heavy atom. The molecule has 0 heterocycles. The topological polar surface area (TPSA) is 36.4 Å². The SMILES string of the molecule is CN=C(Nc1ccccc1C)/C(=C\C(C)C)Nc1cc(-c2c(C)cccc2C)ccc1C(C)(C)C. The Balaban J connectivity index is 2.12. The number of nitrogens with zero attached hydrogens (tertiary/aromatic N) is 1. The zero-order chi connectivity index (χ0) is 25.8. The molecule has 2 N–H and O–H groups in total. The molecule has 0 aliphatic carbocycles. The number of aliphatic imine (C=N–C) groups is 1. The van der Waals surface area contributed by atoms with Crippen LogP contribution < -0.4 is 10.6 Å². The number of amidine groups is 1. The van der Waals surface area contributed by atoms with Crippen LogP contribution in [0.1, 0.15) is 56.9 Å². The first kappa shape index (κ1) is 26.3. The van der Waals surface area contributed by atoms with Crippen molar-refractivity contribution in [2.75, 3.05) is 17.7 Å². The van der Waals surface area contributed by atoms with Crippen LogP contribution >= 0.6 is 0 Å². The Kier molecular flexibility index (Phi) is 8.22. The Morgan fingerprint density at radius 3 is 2.00 bits per heavy atom. The van der Waals surface area contributed by atoms with E-state index in [9.17, 15) is 0 Å². The summed E-state index contributed by atoms with van der Waals surface area (Å²) in [6.07, 6.45) is 2.24. The van der Waals surface area contributed by atoms with Crippen molar-refractivity contribution in [2.45, 2.75) is 60.8 Å². The zero-order valence-corrected chi connectivity index (χ0v) is 22.9. The normalized spacial score (nSPS) is 12.7. The summed E-state index contributed by atoms with van der Waals surface area (Å²) in [5, 5.41) is 7.36. The van der Waals surface area contributed by atoms with Crippen LogP contribution in [0.3, 0.4) is 0 Å². The average Bonchev–Trinajstić information content (AvgIpc) is 2.77. The summed E-state index contributed by atoms with van der Waals surface area (Å²) in [4.78, 5) is 4.65. The number of hydrogen-bond acceptors (Lipinski definition) is 2. The maximum absolute atomic E-state index is 4.65. The largest absolute Gasteiger partial charge is 0.353 e. The highest BCUT2D eigenvalue weighted by molar-refractivity contribution is 6.10. The summed E-state index contributed by atoms with van der Waals surface area (Å²) in [5.74, 6) is 1.18. The van der Waals surface area contributed by atoms with Crippen LogP contribution in [-0.2, 0) is 5.41 Å². The van der Waals surface area contributed by atoms with Crippen molar-refractivity contribution < 1.29 is 0 Å². The van der Waals surface area contributed by atoms with Crippen LogP contribution in [0.15, 0.2) is 77.4 Å². The van der Waals surface area contributed by atoms with Crippen molar-refractivity contribution in [1.82, 2.24) is 0 Å². The van der Waals surface area contributed by atoms with E-state index in [2.05, 4.69) is 132 Å². The van der Waals surface area contributed by atoms with Crippen LogP contribution in [0.2, 0.25) is 0 Å². The molecule has 3 rings (SSSR count). The monoisotopic (exact) mass is 467 g/mol. The van der Waals surface area contributed by atoms with Crippen molar-refractivity contribution >= 4 is 17.2 Å². The first-order valence-electron chi connectivity index (χ1n) is 12.5. The molecule has 0 radical (unpaired) electrons. The Morgan fingerprint density at radius 1 is 0.800 bits per heavy atom. The van der Waals surface area contributed by atoms with Gasteiger partial charge in [0.15, 0.2) is 0 Å². The molecule has 0 aliphatic rings. The predicted octanol–water partition coefficient (Wildman–Crippen LogP) is 8.67. The smallest absolute Gasteiger partial charge is 0.148 e. The molecule has 0 aliphatic heterocycles. The molecule has 0 saturated heterocycles. The highest BCUT2D eigenvalue weighted by atomic mass is 15.1. The van der Waals surface area contributed by atoms with E-state index >= 15 is 0 Å². The van der Waals surface area contributed by atoms with Gasteiger partial charge < -0.3 is 10.6 Å². The Hall–Kier alpha value is -3.33. The molecule has 0 aromatic heterocycles. The van der Waals surface area contributed by atoms with Gasteiger partial charge in [-0.1, -0.05) is 89.2 Å². The molecule has 184 valence electrons. The zero-order valence-electron chi connectivity index (χ0n) is 22.9. The standard InChI is InChI=1S/C32H41N3/c1-21(2)19-29(31(33-9)35-27-16-11-10-13-22(27)3)34-28-20-25(17-18-26(28)32(6,7)8)30-23(4)14-12-15-24(30)5/h10-21,34H,1-9H3,(H,33,35)/b29-19+. The number of anilines is 2. The van der Waals surface area contributed by atoms with Gasteiger partial charge in [-0.15, -0.1) is 0 Å². The highest BCUT2D eigenvalue weighted by Crippen LogP contribution is 2.36. The lowest BCUT2D eigenvalue weighted by molar-refractivity contribution is 0.592. The molecule has 3 nitrogen and oxygen atoms in total. The van der Waals surface area contributed by atoms with Gasteiger partial charge in [-0.2, -0.15) is 0 Å². The van der Waals surface area contributed by atoms with Gasteiger partial charge >= 0.3 is 0 Å². The minimum absolute atomic E-state index is 0.0163. The average molecular weight is 468 g/mol. The first-order chi connectivity index (χ1) is 16.5. The van der Waals surface area contributed by atoms with Gasteiger partial charge in [-0.25, -0.2) is 0 Å². The van der Waals surface area contributed by atoms with Crippen molar-refractivity contribution in [2.24, 2.45) is 10.9 Å². The number of hydrogen-bond donors (Lipinski definition) is 2. The Bertz CT molecular complexity index is 1220. The second kappa shape index (κ2) is 10.9. The van der Waals surface area contributed by atoms with E-state index in [4.69, 9.17) is 0 Å². The quantitative estimate of drug-likeness (QED) is 0.281. The van der Waals surface area contributed by atoms with E-state index < -0.39 is 0 Å². The number of para-hydroxylation sites is 1. The maximum Gasteiger partial charge on any atom is 0.148 e. The van der Waals surface area contributed by atoms with Gasteiger partial charge in [0.1, 0.15) is 5.84 Å². The summed E-state index contributed by atoms with van der Waals surface area (Å²) >= 11 is 0. The minimum atomic E-state index is -0.0163. The predicted molar refractivity (Wildman–Crippen MR) is 155 cm³/mol. The third-order valence-corrected chi connectivity index (χ3v) is 6.24. The molecule has 0 unspecified atom stereocenters. The van der Waals surface area contributed by atoms with Gasteiger partial charge in [0, 0.05) is 18.4 Å². The molecule has 0 atom stereocenters.